The van der Waals surface area contributed by atoms with E-state index in [1.54, 1.807) is 22.9 Å². The van der Waals surface area contributed by atoms with Crippen molar-refractivity contribution in [2.24, 2.45) is 0 Å². The van der Waals surface area contributed by atoms with E-state index in [4.69, 9.17) is 0 Å². The SMILES string of the molecule is CCc1ccccc1N1CCN(C(=O)c2cc(C)nn2-c2cccc(F)c2)CC1. The number of hydrogen-bond acceptors (Lipinski definition) is 3. The number of piperazine rings is 1. The van der Waals surface area contributed by atoms with Crippen molar-refractivity contribution >= 4 is 11.6 Å². The molecule has 29 heavy (non-hydrogen) atoms. The van der Waals surface area contributed by atoms with Gasteiger partial charge in [0, 0.05) is 31.9 Å². The lowest BCUT2D eigenvalue weighted by atomic mass is 10.1. The number of benzene rings is 2. The molecule has 1 aromatic heterocycles. The molecule has 5 nitrogen and oxygen atoms in total. The fourth-order valence-corrected chi connectivity index (χ4v) is 3.89. The zero-order valence-electron chi connectivity index (χ0n) is 16.8. The van der Waals surface area contributed by atoms with E-state index in [2.05, 4.69) is 41.2 Å². The fourth-order valence-electron chi connectivity index (χ4n) is 3.89. The number of rotatable bonds is 4. The highest BCUT2D eigenvalue weighted by Crippen LogP contribution is 2.23. The maximum Gasteiger partial charge on any atom is 0.272 e. The number of amides is 1. The van der Waals surface area contributed by atoms with Crippen molar-refractivity contribution in [3.63, 3.8) is 0 Å². The third kappa shape index (κ3) is 3.88. The Bertz CT molecular complexity index is 1020. The number of nitrogens with zero attached hydrogens (tertiary/aromatic N) is 4. The van der Waals surface area contributed by atoms with Gasteiger partial charge in [0.05, 0.1) is 11.4 Å². The van der Waals surface area contributed by atoms with Crippen LogP contribution in [0.1, 0.15) is 28.7 Å². The fraction of sp³-hybridized carbons (Fsp3) is 0.304. The van der Waals surface area contributed by atoms with Crippen LogP contribution in [0.2, 0.25) is 0 Å². The van der Waals surface area contributed by atoms with Gasteiger partial charge < -0.3 is 9.80 Å². The maximum absolute atomic E-state index is 13.7. The summed E-state index contributed by atoms with van der Waals surface area (Å²) in [6.45, 7) is 6.86. The molecule has 0 radical (unpaired) electrons. The van der Waals surface area contributed by atoms with Crippen LogP contribution in [-0.2, 0) is 6.42 Å². The summed E-state index contributed by atoms with van der Waals surface area (Å²) in [4.78, 5) is 17.4. The molecule has 2 aromatic carbocycles. The first-order valence-corrected chi connectivity index (χ1v) is 10.0. The van der Waals surface area contributed by atoms with Gasteiger partial charge in [-0.3, -0.25) is 4.79 Å². The number of aromatic nitrogens is 2. The number of halogens is 1. The van der Waals surface area contributed by atoms with Gasteiger partial charge in [-0.05, 0) is 49.2 Å². The summed E-state index contributed by atoms with van der Waals surface area (Å²) in [7, 11) is 0. The summed E-state index contributed by atoms with van der Waals surface area (Å²) in [5.41, 5.74) is 4.33. The zero-order chi connectivity index (χ0) is 20.4. The van der Waals surface area contributed by atoms with Gasteiger partial charge in [0.1, 0.15) is 11.5 Å². The first-order valence-electron chi connectivity index (χ1n) is 10.0. The molecule has 6 heteroatoms. The van der Waals surface area contributed by atoms with Gasteiger partial charge in [0.15, 0.2) is 0 Å². The Morgan fingerprint density at radius 1 is 1.03 bits per heavy atom. The molecule has 0 spiro atoms. The standard InChI is InChI=1S/C23H25FN4O/c1-3-18-7-4-5-10-21(18)26-11-13-27(14-12-26)23(29)22-15-17(2)25-28(22)20-9-6-8-19(24)16-20/h4-10,15-16H,3,11-14H2,1-2H3. The van der Waals surface area contributed by atoms with Crippen LogP contribution in [0.3, 0.4) is 0 Å². The number of para-hydroxylation sites is 1. The van der Waals surface area contributed by atoms with E-state index in [9.17, 15) is 9.18 Å². The molecule has 4 rings (SSSR count). The molecule has 1 aliphatic heterocycles. The minimum Gasteiger partial charge on any atom is -0.368 e. The second-order valence-corrected chi connectivity index (χ2v) is 7.32. The zero-order valence-corrected chi connectivity index (χ0v) is 16.8. The molecule has 1 aliphatic rings. The molecule has 2 heterocycles. The molecule has 1 fully saturated rings. The molecular weight excluding hydrogens is 367 g/mol. The van der Waals surface area contributed by atoms with Crippen LogP contribution in [0.4, 0.5) is 10.1 Å². The van der Waals surface area contributed by atoms with Crippen LogP contribution in [0.5, 0.6) is 0 Å². The summed E-state index contributed by atoms with van der Waals surface area (Å²) in [6.07, 6.45) is 0.988. The maximum atomic E-state index is 13.7. The molecule has 0 N–H and O–H groups in total. The number of hydrogen-bond donors (Lipinski definition) is 0. The molecule has 0 saturated carbocycles. The molecule has 0 bridgehead atoms. The van der Waals surface area contributed by atoms with E-state index in [0.29, 0.717) is 24.5 Å². The Hall–Kier alpha value is -3.15. The predicted octanol–water partition coefficient (Wildman–Crippen LogP) is 3.84. The van der Waals surface area contributed by atoms with Gasteiger partial charge in [-0.25, -0.2) is 9.07 Å². The van der Waals surface area contributed by atoms with E-state index in [1.165, 1.54) is 23.4 Å². The third-order valence-electron chi connectivity index (χ3n) is 5.38. The van der Waals surface area contributed by atoms with Crippen molar-refractivity contribution in [1.29, 1.82) is 0 Å². The smallest absolute Gasteiger partial charge is 0.272 e. The second-order valence-electron chi connectivity index (χ2n) is 7.32. The van der Waals surface area contributed by atoms with Crippen LogP contribution in [0.25, 0.3) is 5.69 Å². The highest BCUT2D eigenvalue weighted by atomic mass is 19.1. The quantitative estimate of drug-likeness (QED) is 0.677. The van der Waals surface area contributed by atoms with Gasteiger partial charge in [0.25, 0.3) is 5.91 Å². The molecule has 0 atom stereocenters. The van der Waals surface area contributed by atoms with Crippen molar-refractivity contribution in [1.82, 2.24) is 14.7 Å². The van der Waals surface area contributed by atoms with Crippen molar-refractivity contribution in [2.75, 3.05) is 31.1 Å². The van der Waals surface area contributed by atoms with Crippen LogP contribution >= 0.6 is 0 Å². The predicted molar refractivity (Wildman–Crippen MR) is 112 cm³/mol. The van der Waals surface area contributed by atoms with Gasteiger partial charge in [-0.2, -0.15) is 5.10 Å². The van der Waals surface area contributed by atoms with Gasteiger partial charge >= 0.3 is 0 Å². The molecule has 0 aliphatic carbocycles. The third-order valence-corrected chi connectivity index (χ3v) is 5.38. The van der Waals surface area contributed by atoms with Gasteiger partial charge in [-0.15, -0.1) is 0 Å². The van der Waals surface area contributed by atoms with E-state index in [0.717, 1.165) is 25.2 Å². The van der Waals surface area contributed by atoms with E-state index in [-0.39, 0.29) is 11.7 Å². The summed E-state index contributed by atoms with van der Waals surface area (Å²) < 4.78 is 15.2. The van der Waals surface area contributed by atoms with Crippen LogP contribution in [0.15, 0.2) is 54.6 Å². The molecule has 0 unspecified atom stereocenters. The van der Waals surface area contributed by atoms with E-state index < -0.39 is 0 Å². The number of anilines is 1. The Morgan fingerprint density at radius 3 is 2.52 bits per heavy atom. The Labute approximate surface area is 170 Å². The topological polar surface area (TPSA) is 41.4 Å². The number of carbonyl (C=O) groups excluding carboxylic acids is 1. The van der Waals surface area contributed by atoms with Crippen molar-refractivity contribution in [2.45, 2.75) is 20.3 Å². The van der Waals surface area contributed by atoms with E-state index >= 15 is 0 Å². The Morgan fingerprint density at radius 2 is 1.79 bits per heavy atom. The lowest BCUT2D eigenvalue weighted by Crippen LogP contribution is -2.49. The molecule has 3 aromatic rings. The lowest BCUT2D eigenvalue weighted by Gasteiger charge is -2.37. The summed E-state index contributed by atoms with van der Waals surface area (Å²) in [5, 5.41) is 4.42. The van der Waals surface area contributed by atoms with Crippen LogP contribution < -0.4 is 4.90 Å². The Balaban J connectivity index is 1.52. The largest absolute Gasteiger partial charge is 0.368 e. The van der Waals surface area contributed by atoms with E-state index in [1.807, 2.05) is 11.8 Å². The first-order chi connectivity index (χ1) is 14.1. The summed E-state index contributed by atoms with van der Waals surface area (Å²) in [5.74, 6) is -0.421. The molecule has 1 amide bonds. The van der Waals surface area contributed by atoms with Gasteiger partial charge in [-0.1, -0.05) is 31.2 Å². The average Bonchev–Trinajstić information content (AvgIpc) is 3.15. The molecule has 1 saturated heterocycles. The summed E-state index contributed by atoms with van der Waals surface area (Å²) >= 11 is 0. The summed E-state index contributed by atoms with van der Waals surface area (Å²) in [6, 6.07) is 16.4. The Kier molecular flexibility index (Phi) is 5.34. The van der Waals surface area contributed by atoms with Crippen molar-refractivity contribution in [3.8, 4) is 5.69 Å². The molecular formula is C23H25FN4O. The van der Waals surface area contributed by atoms with Crippen LogP contribution in [0, 0.1) is 12.7 Å². The second kappa shape index (κ2) is 8.07. The molecule has 150 valence electrons. The minimum absolute atomic E-state index is 0.0710. The normalized spacial score (nSPS) is 14.3. The van der Waals surface area contributed by atoms with Crippen LogP contribution in [-0.4, -0.2) is 46.8 Å². The van der Waals surface area contributed by atoms with Gasteiger partial charge in [0.2, 0.25) is 0 Å². The number of carbonyl (C=O) groups is 1. The van der Waals surface area contributed by atoms with Crippen molar-refractivity contribution in [3.05, 3.63) is 77.4 Å². The highest BCUT2D eigenvalue weighted by molar-refractivity contribution is 5.93. The lowest BCUT2D eigenvalue weighted by molar-refractivity contribution is 0.0737. The monoisotopic (exact) mass is 392 g/mol. The minimum atomic E-state index is -0.350. The first kappa shape index (κ1) is 19.2. The highest BCUT2D eigenvalue weighted by Gasteiger charge is 2.26. The average molecular weight is 392 g/mol. The number of aryl methyl sites for hydroxylation is 2. The van der Waals surface area contributed by atoms with Crippen molar-refractivity contribution < 1.29 is 9.18 Å².